The van der Waals surface area contributed by atoms with E-state index in [0.717, 1.165) is 5.56 Å². The van der Waals surface area contributed by atoms with Gasteiger partial charge in [0.15, 0.2) is 12.2 Å². The molecule has 47 heavy (non-hydrogen) atoms. The van der Waals surface area contributed by atoms with Crippen molar-refractivity contribution >= 4 is 35.9 Å². The third-order valence-corrected chi connectivity index (χ3v) is 10.2. The summed E-state index contributed by atoms with van der Waals surface area (Å²) in [5.41, 5.74) is 0.978. The second-order valence-corrected chi connectivity index (χ2v) is 13.6. The summed E-state index contributed by atoms with van der Waals surface area (Å²) in [4.78, 5) is 63.6. The van der Waals surface area contributed by atoms with Gasteiger partial charge in [-0.25, -0.2) is 4.79 Å². The molecule has 0 heterocycles. The number of benzene rings is 1. The van der Waals surface area contributed by atoms with Crippen LogP contribution in [0.15, 0.2) is 59.7 Å². The summed E-state index contributed by atoms with van der Waals surface area (Å²) in [5.74, 6) is -3.57. The minimum absolute atomic E-state index is 0.0447. The number of esters is 5. The SMILES string of the molecule is C=C1C2CC3C[C@@H](OC(C)=O)C(C)=C(C(OC(C)=O)[C@@H](OC(C)=O)C2(C)C(OC(C)=O)C[C@H]1OC(=O)/C=C/c1ccccc1)C3(C)C. The number of rotatable bonds is 7. The Hall–Kier alpha value is -4.21. The average molecular weight is 651 g/mol. The molecule has 0 N–H and O–H groups in total. The lowest BCUT2D eigenvalue weighted by molar-refractivity contribution is -0.212. The molecule has 10 nitrogen and oxygen atoms in total. The Balaban J connectivity index is 1.89. The third kappa shape index (κ3) is 7.36. The van der Waals surface area contributed by atoms with E-state index in [-0.39, 0.29) is 12.3 Å². The quantitative estimate of drug-likeness (QED) is 0.157. The van der Waals surface area contributed by atoms with Gasteiger partial charge in [0.2, 0.25) is 0 Å². The van der Waals surface area contributed by atoms with E-state index in [9.17, 15) is 24.0 Å². The highest BCUT2D eigenvalue weighted by Crippen LogP contribution is 2.61. The lowest BCUT2D eigenvalue weighted by atomic mass is 9.49. The maximum absolute atomic E-state index is 13.1. The van der Waals surface area contributed by atoms with Gasteiger partial charge in [0.1, 0.15) is 18.3 Å². The Morgan fingerprint density at radius 1 is 0.766 bits per heavy atom. The molecule has 0 aliphatic heterocycles. The van der Waals surface area contributed by atoms with Gasteiger partial charge in [0.05, 0.1) is 5.41 Å². The number of carbonyl (C=O) groups excluding carboxylic acids is 5. The van der Waals surface area contributed by atoms with Gasteiger partial charge in [-0.3, -0.25) is 19.2 Å². The third-order valence-electron chi connectivity index (χ3n) is 10.2. The molecule has 3 aliphatic carbocycles. The van der Waals surface area contributed by atoms with Gasteiger partial charge in [-0.05, 0) is 65.4 Å². The number of carbonyl (C=O) groups is 5. The lowest BCUT2D eigenvalue weighted by Crippen LogP contribution is -2.64. The molecule has 0 radical (unpaired) electrons. The van der Waals surface area contributed by atoms with Crippen LogP contribution in [-0.4, -0.2) is 60.4 Å². The zero-order valence-electron chi connectivity index (χ0n) is 28.5. The maximum Gasteiger partial charge on any atom is 0.331 e. The van der Waals surface area contributed by atoms with Crippen LogP contribution in [0.3, 0.4) is 0 Å². The van der Waals surface area contributed by atoms with Crippen LogP contribution in [0.4, 0.5) is 0 Å². The fourth-order valence-electron chi connectivity index (χ4n) is 8.02. The summed E-state index contributed by atoms with van der Waals surface area (Å²) in [6, 6.07) is 9.30. The van der Waals surface area contributed by atoms with Crippen molar-refractivity contribution in [1.82, 2.24) is 0 Å². The smallest absolute Gasteiger partial charge is 0.331 e. The Labute approximate surface area is 276 Å². The van der Waals surface area contributed by atoms with E-state index < -0.39 is 77.1 Å². The molecule has 2 bridgehead atoms. The molecule has 5 unspecified atom stereocenters. The number of ether oxygens (including phenoxy) is 5. The van der Waals surface area contributed by atoms with Crippen LogP contribution in [0, 0.1) is 22.7 Å². The first-order valence-corrected chi connectivity index (χ1v) is 16.0. The predicted octanol–water partition coefficient (Wildman–Crippen LogP) is 5.69. The molecule has 10 heteroatoms. The second kappa shape index (κ2) is 13.9. The Kier molecular flexibility index (Phi) is 10.5. The highest BCUT2D eigenvalue weighted by molar-refractivity contribution is 5.87. The van der Waals surface area contributed by atoms with E-state index in [1.165, 1.54) is 33.8 Å². The predicted molar refractivity (Wildman–Crippen MR) is 172 cm³/mol. The lowest BCUT2D eigenvalue weighted by Gasteiger charge is -2.59. The average Bonchev–Trinajstić information content (AvgIpc) is 2.96. The monoisotopic (exact) mass is 650 g/mol. The zero-order valence-corrected chi connectivity index (χ0v) is 28.5. The van der Waals surface area contributed by atoms with Crippen LogP contribution in [0.2, 0.25) is 0 Å². The Morgan fingerprint density at radius 2 is 1.36 bits per heavy atom. The number of hydrogen-bond acceptors (Lipinski definition) is 10. The highest BCUT2D eigenvalue weighted by atomic mass is 16.6. The molecule has 0 saturated heterocycles. The molecule has 4 rings (SSSR count). The van der Waals surface area contributed by atoms with Crippen LogP contribution in [0.25, 0.3) is 6.08 Å². The number of fused-ring (bicyclic) bond motifs is 3. The summed E-state index contributed by atoms with van der Waals surface area (Å²) in [7, 11) is 0. The standard InChI is InChI=1S/C37H46O10/c1-20-28-17-27-18-29(43-22(3)38)21(2)33(36(27,7)8)34(45-24(5)40)35(46-25(6)41)37(28,9)31(44-23(4)39)19-30(20)47-32(42)16-15-26-13-11-10-12-14-26/h10-16,27-31,34-35H,1,17-19H2,2-9H3/b16-15+/t27?,28?,29-,30-,31?,34?,35-,37?/m1/s1. The molecule has 0 amide bonds. The molecule has 0 spiro atoms. The summed E-state index contributed by atoms with van der Waals surface area (Å²) < 4.78 is 29.9. The van der Waals surface area contributed by atoms with Crippen LogP contribution < -0.4 is 0 Å². The van der Waals surface area contributed by atoms with Gasteiger partial charge >= 0.3 is 29.8 Å². The first kappa shape index (κ1) is 35.6. The normalized spacial score (nSPS) is 31.5. The van der Waals surface area contributed by atoms with Crippen molar-refractivity contribution in [2.75, 3.05) is 0 Å². The van der Waals surface area contributed by atoms with Crippen LogP contribution >= 0.6 is 0 Å². The molecule has 254 valence electrons. The van der Waals surface area contributed by atoms with Crippen LogP contribution in [0.1, 0.15) is 80.2 Å². The molecule has 1 aromatic carbocycles. The van der Waals surface area contributed by atoms with E-state index in [0.29, 0.717) is 29.6 Å². The van der Waals surface area contributed by atoms with E-state index in [4.69, 9.17) is 23.7 Å². The molecule has 1 aromatic rings. The summed E-state index contributed by atoms with van der Waals surface area (Å²) >= 11 is 0. The van der Waals surface area contributed by atoms with Crippen molar-refractivity contribution in [2.24, 2.45) is 22.7 Å². The Morgan fingerprint density at radius 3 is 1.94 bits per heavy atom. The van der Waals surface area contributed by atoms with Gasteiger partial charge < -0.3 is 23.7 Å². The van der Waals surface area contributed by atoms with Crippen molar-refractivity contribution in [3.63, 3.8) is 0 Å². The fourth-order valence-corrected chi connectivity index (χ4v) is 8.02. The minimum Gasteiger partial charge on any atom is -0.462 e. The van der Waals surface area contributed by atoms with Crippen LogP contribution in [0.5, 0.6) is 0 Å². The van der Waals surface area contributed by atoms with Crippen molar-refractivity contribution in [3.05, 3.63) is 65.3 Å². The number of hydrogen-bond donors (Lipinski definition) is 0. The molecule has 3 aliphatic rings. The zero-order chi connectivity index (χ0) is 34.8. The molecular weight excluding hydrogens is 604 g/mol. The summed E-state index contributed by atoms with van der Waals surface area (Å²) in [6.45, 7) is 17.4. The van der Waals surface area contributed by atoms with Crippen molar-refractivity contribution < 1.29 is 47.7 Å². The second-order valence-electron chi connectivity index (χ2n) is 13.6. The summed E-state index contributed by atoms with van der Waals surface area (Å²) in [5, 5.41) is 0. The van der Waals surface area contributed by atoms with Gasteiger partial charge in [-0.2, -0.15) is 0 Å². The highest BCUT2D eigenvalue weighted by Gasteiger charge is 2.64. The van der Waals surface area contributed by atoms with Gasteiger partial charge in [0, 0.05) is 40.2 Å². The van der Waals surface area contributed by atoms with E-state index >= 15 is 0 Å². The van der Waals surface area contributed by atoms with Crippen LogP contribution in [-0.2, 0) is 47.7 Å². The minimum atomic E-state index is -1.17. The Bertz CT molecular complexity index is 1490. The van der Waals surface area contributed by atoms with Gasteiger partial charge in [0.25, 0.3) is 0 Å². The molecular formula is C37H46O10. The molecule has 8 atom stereocenters. The molecule has 2 saturated carbocycles. The first-order chi connectivity index (χ1) is 22.0. The summed E-state index contributed by atoms with van der Waals surface area (Å²) in [6.07, 6.45) is -0.715. The fraction of sp³-hybridized carbons (Fsp3) is 0.541. The molecule has 2 fully saturated rings. The van der Waals surface area contributed by atoms with Crippen molar-refractivity contribution in [3.8, 4) is 0 Å². The largest absolute Gasteiger partial charge is 0.462 e. The van der Waals surface area contributed by atoms with Crippen molar-refractivity contribution in [2.45, 2.75) is 105 Å². The first-order valence-electron chi connectivity index (χ1n) is 16.0. The van der Waals surface area contributed by atoms with E-state index in [1.807, 2.05) is 58.0 Å². The maximum atomic E-state index is 13.1. The van der Waals surface area contributed by atoms with Gasteiger partial charge in [-0.1, -0.05) is 57.7 Å². The van der Waals surface area contributed by atoms with E-state index in [2.05, 4.69) is 6.58 Å². The van der Waals surface area contributed by atoms with E-state index in [1.54, 1.807) is 6.08 Å². The molecule has 0 aromatic heterocycles. The topological polar surface area (TPSA) is 132 Å². The van der Waals surface area contributed by atoms with Crippen molar-refractivity contribution in [1.29, 1.82) is 0 Å². The van der Waals surface area contributed by atoms with Gasteiger partial charge in [-0.15, -0.1) is 0 Å².